The maximum Gasteiger partial charge on any atom is 0.306 e. The lowest BCUT2D eigenvalue weighted by Gasteiger charge is -2.18. The van der Waals surface area contributed by atoms with Crippen LogP contribution in [0.15, 0.2) is 97.2 Å². The molecule has 0 rings (SSSR count). The molecule has 0 amide bonds. The molecule has 0 aliphatic rings. The van der Waals surface area contributed by atoms with Crippen molar-refractivity contribution in [2.75, 3.05) is 13.2 Å². The molecule has 406 valence electrons. The van der Waals surface area contributed by atoms with Crippen LogP contribution in [-0.4, -0.2) is 37.2 Å². The monoisotopic (exact) mass is 987 g/mol. The molecule has 6 nitrogen and oxygen atoms in total. The van der Waals surface area contributed by atoms with Gasteiger partial charge in [0.15, 0.2) is 6.10 Å². The minimum atomic E-state index is -0.813. The minimum Gasteiger partial charge on any atom is -0.462 e. The first kappa shape index (κ1) is 67.3. The molecule has 0 aliphatic carbocycles. The van der Waals surface area contributed by atoms with Crippen LogP contribution >= 0.6 is 0 Å². The quantitative estimate of drug-likeness (QED) is 0.0261. The summed E-state index contributed by atoms with van der Waals surface area (Å²) in [6, 6.07) is 0. The van der Waals surface area contributed by atoms with Crippen LogP contribution in [-0.2, 0) is 28.6 Å². The molecule has 6 heteroatoms. The zero-order valence-corrected chi connectivity index (χ0v) is 46.5. The number of esters is 3. The van der Waals surface area contributed by atoms with E-state index in [1.807, 2.05) is 6.08 Å². The molecule has 1 unspecified atom stereocenters. The van der Waals surface area contributed by atoms with Crippen molar-refractivity contribution in [3.63, 3.8) is 0 Å². The molecule has 0 fully saturated rings. The van der Waals surface area contributed by atoms with E-state index >= 15 is 0 Å². The number of hydrogen-bond donors (Lipinski definition) is 0. The summed E-state index contributed by atoms with van der Waals surface area (Å²) in [5, 5.41) is 0. The van der Waals surface area contributed by atoms with Crippen molar-refractivity contribution in [2.45, 2.75) is 284 Å². The number of unbranched alkanes of at least 4 members (excludes halogenated alkanes) is 26. The van der Waals surface area contributed by atoms with E-state index in [2.05, 4.69) is 112 Å². The predicted molar refractivity (Wildman–Crippen MR) is 307 cm³/mol. The van der Waals surface area contributed by atoms with Crippen molar-refractivity contribution in [3.05, 3.63) is 97.2 Å². The van der Waals surface area contributed by atoms with Crippen molar-refractivity contribution >= 4 is 17.9 Å². The van der Waals surface area contributed by atoms with Gasteiger partial charge in [0.2, 0.25) is 0 Å². The molecule has 0 saturated heterocycles. The third-order valence-electron chi connectivity index (χ3n) is 12.6. The number of ether oxygens (including phenoxy) is 3. The van der Waals surface area contributed by atoms with Gasteiger partial charge in [-0.1, -0.05) is 246 Å². The second-order valence-electron chi connectivity index (χ2n) is 19.5. The molecule has 0 aromatic carbocycles. The van der Waals surface area contributed by atoms with E-state index in [1.165, 1.54) is 154 Å². The van der Waals surface area contributed by atoms with E-state index in [0.717, 1.165) is 77.0 Å². The van der Waals surface area contributed by atoms with Gasteiger partial charge in [-0.2, -0.15) is 0 Å². The fourth-order valence-corrected chi connectivity index (χ4v) is 8.11. The molecule has 0 heterocycles. The Hall–Kier alpha value is -3.67. The Morgan fingerprint density at radius 2 is 0.577 bits per heavy atom. The predicted octanol–water partition coefficient (Wildman–Crippen LogP) is 20.1. The lowest BCUT2D eigenvalue weighted by atomic mass is 10.1. The number of rotatable bonds is 53. The van der Waals surface area contributed by atoms with Gasteiger partial charge in [0.25, 0.3) is 0 Å². The average Bonchev–Trinajstić information content (AvgIpc) is 3.37. The number of allylic oxidation sites excluding steroid dienone is 16. The molecule has 0 saturated carbocycles. The van der Waals surface area contributed by atoms with Crippen LogP contribution in [0.25, 0.3) is 0 Å². The SMILES string of the molecule is CC/C=C\C/C=C\C/C=C\C/C=C\C/C=C\C/C=C\CCC(=O)OCC(COC(=O)CCCCCCCCC/C=C\CCCCCC)OC(=O)CCCCCCCCC/C=C\CCCCCCCCCC. The summed E-state index contributed by atoms with van der Waals surface area (Å²) in [6.45, 7) is 6.46. The van der Waals surface area contributed by atoms with E-state index in [1.54, 1.807) is 0 Å². The van der Waals surface area contributed by atoms with Crippen LogP contribution in [0.4, 0.5) is 0 Å². The molecule has 0 radical (unpaired) electrons. The van der Waals surface area contributed by atoms with Gasteiger partial charge in [-0.05, 0) is 109 Å². The summed E-state index contributed by atoms with van der Waals surface area (Å²) in [7, 11) is 0. The summed E-state index contributed by atoms with van der Waals surface area (Å²) >= 11 is 0. The smallest absolute Gasteiger partial charge is 0.306 e. The average molecular weight is 988 g/mol. The van der Waals surface area contributed by atoms with Crippen LogP contribution in [0, 0.1) is 0 Å². The van der Waals surface area contributed by atoms with Gasteiger partial charge in [0.1, 0.15) is 13.2 Å². The zero-order valence-electron chi connectivity index (χ0n) is 46.5. The minimum absolute atomic E-state index is 0.105. The van der Waals surface area contributed by atoms with E-state index < -0.39 is 6.10 Å². The number of carbonyl (C=O) groups is 3. The first-order chi connectivity index (χ1) is 35.0. The number of hydrogen-bond acceptors (Lipinski definition) is 6. The molecular formula is C65H110O6. The maximum atomic E-state index is 12.9. The van der Waals surface area contributed by atoms with Crippen molar-refractivity contribution < 1.29 is 28.6 Å². The lowest BCUT2D eigenvalue weighted by molar-refractivity contribution is -0.166. The van der Waals surface area contributed by atoms with Crippen LogP contribution < -0.4 is 0 Å². The first-order valence-corrected chi connectivity index (χ1v) is 29.7. The van der Waals surface area contributed by atoms with Gasteiger partial charge in [0, 0.05) is 19.3 Å². The van der Waals surface area contributed by atoms with Gasteiger partial charge in [-0.3, -0.25) is 14.4 Å². The third-order valence-corrected chi connectivity index (χ3v) is 12.6. The van der Waals surface area contributed by atoms with E-state index in [9.17, 15) is 14.4 Å². The molecule has 0 aromatic rings. The molecule has 1 atom stereocenters. The lowest BCUT2D eigenvalue weighted by Crippen LogP contribution is -2.30. The molecule has 0 aliphatic heterocycles. The van der Waals surface area contributed by atoms with Gasteiger partial charge in [-0.15, -0.1) is 0 Å². The van der Waals surface area contributed by atoms with Gasteiger partial charge in [-0.25, -0.2) is 0 Å². The van der Waals surface area contributed by atoms with Gasteiger partial charge >= 0.3 is 17.9 Å². The number of carbonyl (C=O) groups excluding carboxylic acids is 3. The molecule has 0 aromatic heterocycles. The Morgan fingerprint density at radius 1 is 0.296 bits per heavy atom. The van der Waals surface area contributed by atoms with E-state index in [-0.39, 0.29) is 37.5 Å². The van der Waals surface area contributed by atoms with Crippen molar-refractivity contribution in [1.82, 2.24) is 0 Å². The standard InChI is InChI=1S/C65H110O6/c1-4-7-10-13-16-19-22-25-28-30-32-34-37-40-43-46-49-52-55-58-64(67)70-61-62(60-69-63(66)57-54-51-48-45-42-39-36-27-24-21-18-15-12-9-6-3)71-65(68)59-56-53-50-47-44-41-38-35-33-31-29-26-23-20-17-14-11-8-5-2/h7,10,16,19,21,24-25,28,31-34,40,43,49,52,62H,4-6,8-9,11-15,17-18,20,22-23,26-27,29-30,35-39,41-42,44-48,50-51,53-61H2,1-3H3/b10-7-,19-16-,24-21-,28-25-,33-31-,34-32-,43-40-,52-49-. The van der Waals surface area contributed by atoms with Gasteiger partial charge < -0.3 is 14.2 Å². The summed E-state index contributed by atoms with van der Waals surface area (Å²) in [6.07, 6.45) is 78.4. The van der Waals surface area contributed by atoms with E-state index in [0.29, 0.717) is 19.3 Å². The normalized spacial score (nSPS) is 12.8. The third kappa shape index (κ3) is 57.1. The molecule has 0 spiro atoms. The Bertz CT molecular complexity index is 1410. The molecule has 0 N–H and O–H groups in total. The zero-order chi connectivity index (χ0) is 51.4. The largest absolute Gasteiger partial charge is 0.462 e. The van der Waals surface area contributed by atoms with Crippen LogP contribution in [0.2, 0.25) is 0 Å². The van der Waals surface area contributed by atoms with Crippen molar-refractivity contribution in [3.8, 4) is 0 Å². The Labute approximate surface area is 438 Å². The van der Waals surface area contributed by atoms with Crippen LogP contribution in [0.1, 0.15) is 278 Å². The summed E-state index contributed by atoms with van der Waals surface area (Å²) in [4.78, 5) is 38.2. The topological polar surface area (TPSA) is 78.9 Å². The Balaban J connectivity index is 4.50. The highest BCUT2D eigenvalue weighted by atomic mass is 16.6. The van der Waals surface area contributed by atoms with Crippen LogP contribution in [0.5, 0.6) is 0 Å². The molecule has 0 bridgehead atoms. The fourth-order valence-electron chi connectivity index (χ4n) is 8.11. The summed E-state index contributed by atoms with van der Waals surface area (Å²) < 4.78 is 16.8. The second kappa shape index (κ2) is 58.9. The van der Waals surface area contributed by atoms with Gasteiger partial charge in [0.05, 0.1) is 0 Å². The molecule has 71 heavy (non-hydrogen) atoms. The van der Waals surface area contributed by atoms with Crippen LogP contribution in [0.3, 0.4) is 0 Å². The Morgan fingerprint density at radius 3 is 0.958 bits per heavy atom. The maximum absolute atomic E-state index is 12.9. The first-order valence-electron chi connectivity index (χ1n) is 29.7. The second-order valence-corrected chi connectivity index (χ2v) is 19.5. The fraction of sp³-hybridized carbons (Fsp3) is 0.708. The highest BCUT2D eigenvalue weighted by Gasteiger charge is 2.19. The summed E-state index contributed by atoms with van der Waals surface area (Å²) in [5.74, 6) is -0.996. The Kier molecular flexibility index (Phi) is 55.9. The molecular weight excluding hydrogens is 877 g/mol. The van der Waals surface area contributed by atoms with E-state index in [4.69, 9.17) is 14.2 Å². The summed E-state index contributed by atoms with van der Waals surface area (Å²) in [5.41, 5.74) is 0. The van der Waals surface area contributed by atoms with Crippen molar-refractivity contribution in [2.24, 2.45) is 0 Å². The highest BCUT2D eigenvalue weighted by molar-refractivity contribution is 5.71. The van der Waals surface area contributed by atoms with Crippen molar-refractivity contribution in [1.29, 1.82) is 0 Å². The highest BCUT2D eigenvalue weighted by Crippen LogP contribution is 2.15.